The van der Waals surface area contributed by atoms with Crippen molar-refractivity contribution in [3.63, 3.8) is 0 Å². The summed E-state index contributed by atoms with van der Waals surface area (Å²) in [5.41, 5.74) is 1.13. The minimum atomic E-state index is -2.15. The van der Waals surface area contributed by atoms with Gasteiger partial charge < -0.3 is 0 Å². The fraction of sp³-hybridized carbons (Fsp3) is 0.455. The minimum absolute atomic E-state index is 0.0354. The van der Waals surface area contributed by atoms with Crippen molar-refractivity contribution in [1.29, 1.82) is 0 Å². The number of hydrogen-bond donors (Lipinski definition) is 0. The molecule has 0 spiro atoms. The van der Waals surface area contributed by atoms with Crippen molar-refractivity contribution in [3.05, 3.63) is 24.0 Å². The maximum atomic E-state index is 11.7. The van der Waals surface area contributed by atoms with Crippen LogP contribution < -0.4 is 0 Å². The largest absolute Gasteiger partial charge is 0.263 e. The molecule has 0 amide bonds. The van der Waals surface area contributed by atoms with Gasteiger partial charge >= 0.3 is 0 Å². The summed E-state index contributed by atoms with van der Waals surface area (Å²) in [7, 11) is -2.15. The lowest BCUT2D eigenvalue weighted by Gasteiger charge is -2.19. The van der Waals surface area contributed by atoms with E-state index in [2.05, 4.69) is 31.6 Å². The SMILES string of the molecule is C=S(C)(=O)c1cncc(C(C)(C)C)c1. The van der Waals surface area contributed by atoms with Gasteiger partial charge in [0.1, 0.15) is 0 Å². The molecule has 1 atom stereocenters. The van der Waals surface area contributed by atoms with Gasteiger partial charge in [-0.15, -0.1) is 0 Å². The van der Waals surface area contributed by atoms with E-state index in [0.717, 1.165) is 10.5 Å². The minimum Gasteiger partial charge on any atom is -0.263 e. The Balaban J connectivity index is 3.29. The van der Waals surface area contributed by atoms with Gasteiger partial charge in [-0.2, -0.15) is 0 Å². The first-order valence-corrected chi connectivity index (χ1v) is 6.62. The van der Waals surface area contributed by atoms with Crippen LogP contribution in [0.15, 0.2) is 23.4 Å². The molecule has 0 fully saturated rings. The number of pyridine rings is 1. The number of hydrogen-bond acceptors (Lipinski definition) is 2. The second-order valence-corrected chi connectivity index (χ2v) is 7.15. The molecule has 0 aliphatic rings. The van der Waals surface area contributed by atoms with E-state index in [1.165, 1.54) is 0 Å². The highest BCUT2D eigenvalue weighted by molar-refractivity contribution is 7.99. The number of rotatable bonds is 1. The molecular formula is C11H17NOS. The fourth-order valence-corrected chi connectivity index (χ4v) is 1.73. The highest BCUT2D eigenvalue weighted by Gasteiger charge is 2.15. The van der Waals surface area contributed by atoms with E-state index in [4.69, 9.17) is 0 Å². The monoisotopic (exact) mass is 211 g/mol. The first-order chi connectivity index (χ1) is 6.21. The molecule has 0 aliphatic carbocycles. The normalized spacial score (nSPS) is 16.3. The molecule has 0 aromatic carbocycles. The first kappa shape index (κ1) is 11.2. The molecule has 0 aliphatic heterocycles. The summed E-state index contributed by atoms with van der Waals surface area (Å²) >= 11 is 0. The number of aromatic nitrogens is 1. The number of nitrogens with zero attached hydrogens (tertiary/aromatic N) is 1. The highest BCUT2D eigenvalue weighted by Crippen LogP contribution is 2.23. The zero-order chi connectivity index (χ0) is 11.0. The van der Waals surface area contributed by atoms with Crippen LogP contribution in [0.5, 0.6) is 0 Å². The van der Waals surface area contributed by atoms with Crippen LogP contribution in [0.4, 0.5) is 0 Å². The molecule has 0 N–H and O–H groups in total. The van der Waals surface area contributed by atoms with Crippen molar-refractivity contribution in [1.82, 2.24) is 4.98 Å². The quantitative estimate of drug-likeness (QED) is 0.666. The maximum absolute atomic E-state index is 11.7. The average molecular weight is 211 g/mol. The van der Waals surface area contributed by atoms with Crippen molar-refractivity contribution >= 4 is 15.4 Å². The zero-order valence-electron chi connectivity index (χ0n) is 9.20. The molecule has 2 nitrogen and oxygen atoms in total. The lowest BCUT2D eigenvalue weighted by atomic mass is 9.88. The summed E-state index contributed by atoms with van der Waals surface area (Å²) in [5, 5.41) is 0. The second-order valence-electron chi connectivity index (χ2n) is 4.66. The van der Waals surface area contributed by atoms with Gasteiger partial charge in [-0.05, 0) is 32.4 Å². The molecule has 0 saturated carbocycles. The third-order valence-corrected chi connectivity index (χ3v) is 3.30. The summed E-state index contributed by atoms with van der Waals surface area (Å²) in [5.74, 6) is 3.65. The van der Waals surface area contributed by atoms with Crippen molar-refractivity contribution < 1.29 is 4.21 Å². The van der Waals surface area contributed by atoms with Crippen LogP contribution in [0.3, 0.4) is 0 Å². The average Bonchev–Trinajstić information content (AvgIpc) is 2.01. The summed E-state index contributed by atoms with van der Waals surface area (Å²) in [6.45, 7) is 6.32. The van der Waals surface area contributed by atoms with Crippen LogP contribution in [0.1, 0.15) is 26.3 Å². The molecule has 0 bridgehead atoms. The molecule has 78 valence electrons. The van der Waals surface area contributed by atoms with Crippen molar-refractivity contribution in [2.45, 2.75) is 31.1 Å². The van der Waals surface area contributed by atoms with Gasteiger partial charge in [-0.1, -0.05) is 20.8 Å². The van der Waals surface area contributed by atoms with E-state index in [1.807, 2.05) is 12.3 Å². The Morgan fingerprint density at radius 1 is 1.36 bits per heavy atom. The molecule has 14 heavy (non-hydrogen) atoms. The fourth-order valence-electron chi connectivity index (χ4n) is 1.07. The zero-order valence-corrected chi connectivity index (χ0v) is 10.0. The van der Waals surface area contributed by atoms with Gasteiger partial charge in [0.05, 0.1) is 0 Å². The van der Waals surface area contributed by atoms with Crippen LogP contribution in [0.25, 0.3) is 0 Å². The van der Waals surface area contributed by atoms with Gasteiger partial charge in [0.2, 0.25) is 0 Å². The maximum Gasteiger partial charge on any atom is 0.0488 e. The van der Waals surface area contributed by atoms with Crippen molar-refractivity contribution in [3.8, 4) is 0 Å². The predicted molar refractivity (Wildman–Crippen MR) is 62.4 cm³/mol. The van der Waals surface area contributed by atoms with E-state index in [9.17, 15) is 4.21 Å². The summed E-state index contributed by atoms with van der Waals surface area (Å²) in [6, 6.07) is 1.93. The molecule has 3 heteroatoms. The van der Waals surface area contributed by atoms with E-state index in [1.54, 1.807) is 12.5 Å². The second kappa shape index (κ2) is 3.39. The van der Waals surface area contributed by atoms with E-state index >= 15 is 0 Å². The van der Waals surface area contributed by atoms with Gasteiger partial charge in [-0.25, -0.2) is 0 Å². The molecule has 1 unspecified atom stereocenters. The highest BCUT2D eigenvalue weighted by atomic mass is 32.2. The Labute approximate surface area is 86.4 Å². The van der Waals surface area contributed by atoms with Crippen molar-refractivity contribution in [2.75, 3.05) is 6.26 Å². The Morgan fingerprint density at radius 3 is 2.36 bits per heavy atom. The van der Waals surface area contributed by atoms with Crippen LogP contribution >= 0.6 is 0 Å². The third kappa shape index (κ3) is 2.58. The topological polar surface area (TPSA) is 30.0 Å². The molecular weight excluding hydrogens is 194 g/mol. The predicted octanol–water partition coefficient (Wildman–Crippen LogP) is 2.08. The van der Waals surface area contributed by atoms with Crippen LogP contribution in [-0.4, -0.2) is 21.3 Å². The molecule has 0 saturated heterocycles. The van der Waals surface area contributed by atoms with Crippen LogP contribution in [0.2, 0.25) is 0 Å². The Kier molecular flexibility index (Phi) is 2.72. The first-order valence-electron chi connectivity index (χ1n) is 4.49. The molecule has 1 aromatic rings. The standard InChI is InChI=1S/C11H17NOS/c1-11(2,3)9-6-10(8-12-7-9)14(4,5)13/h6-8H,4H2,1-3,5H3. The molecule has 1 rings (SSSR count). The summed E-state index contributed by atoms with van der Waals surface area (Å²) in [6.07, 6.45) is 5.08. The summed E-state index contributed by atoms with van der Waals surface area (Å²) in [4.78, 5) is 4.83. The summed E-state index contributed by atoms with van der Waals surface area (Å²) < 4.78 is 11.7. The Hall–Kier alpha value is -0.830. The lowest BCUT2D eigenvalue weighted by molar-refractivity contribution is 0.585. The van der Waals surface area contributed by atoms with Gasteiger partial charge in [0.15, 0.2) is 0 Å². The molecule has 1 heterocycles. The molecule has 1 aromatic heterocycles. The smallest absolute Gasteiger partial charge is 0.0488 e. The Bertz CT molecular complexity index is 427. The van der Waals surface area contributed by atoms with Gasteiger partial charge in [0, 0.05) is 23.5 Å². The van der Waals surface area contributed by atoms with E-state index in [-0.39, 0.29) is 5.41 Å². The van der Waals surface area contributed by atoms with Gasteiger partial charge in [0.25, 0.3) is 0 Å². The lowest BCUT2D eigenvalue weighted by Crippen LogP contribution is -2.12. The van der Waals surface area contributed by atoms with Crippen molar-refractivity contribution in [2.24, 2.45) is 0 Å². The van der Waals surface area contributed by atoms with Crippen LogP contribution in [-0.2, 0) is 14.9 Å². The van der Waals surface area contributed by atoms with Crippen LogP contribution in [0, 0.1) is 0 Å². The van der Waals surface area contributed by atoms with E-state index < -0.39 is 9.52 Å². The Morgan fingerprint density at radius 2 is 1.93 bits per heavy atom. The van der Waals surface area contributed by atoms with Gasteiger partial charge in [-0.3, -0.25) is 9.19 Å². The molecule has 0 radical (unpaired) electrons. The van der Waals surface area contributed by atoms with E-state index in [0.29, 0.717) is 0 Å². The third-order valence-electron chi connectivity index (χ3n) is 2.08.